The predicted molar refractivity (Wildman–Crippen MR) is 186 cm³/mol. The second kappa shape index (κ2) is 9.06. The quantitative estimate of drug-likeness (QED) is 0.159. The van der Waals surface area contributed by atoms with Gasteiger partial charge in [0.15, 0.2) is 0 Å². The molecule has 0 amide bonds. The molecule has 0 saturated carbocycles. The van der Waals surface area contributed by atoms with Crippen LogP contribution in [0.25, 0.3) is 34.4 Å². The van der Waals surface area contributed by atoms with Crippen LogP contribution in [0, 0.1) is 13.8 Å². The van der Waals surface area contributed by atoms with Crippen LogP contribution in [-0.4, -0.2) is 4.26 Å². The second-order valence-electron chi connectivity index (χ2n) is 16.4. The van der Waals surface area contributed by atoms with Gasteiger partial charge >= 0.3 is 250 Å². The van der Waals surface area contributed by atoms with Crippen molar-refractivity contribution < 1.29 is 15.1 Å². The van der Waals surface area contributed by atoms with Crippen molar-refractivity contribution in [2.45, 2.75) is 65.6 Å². The van der Waals surface area contributed by atoms with Gasteiger partial charge in [0.1, 0.15) is 0 Å². The summed E-state index contributed by atoms with van der Waals surface area (Å²) >= 11 is -5.24. The van der Waals surface area contributed by atoms with E-state index in [1.54, 1.807) is 0 Å². The zero-order valence-electron chi connectivity index (χ0n) is 26.6. The van der Waals surface area contributed by atoms with Crippen LogP contribution in [0.5, 0.6) is 0 Å². The Morgan fingerprint density at radius 2 is 1.00 bits per heavy atom. The van der Waals surface area contributed by atoms with Crippen molar-refractivity contribution >= 4 is 16.4 Å². The van der Waals surface area contributed by atoms with Gasteiger partial charge in [0, 0.05) is 0 Å². The van der Waals surface area contributed by atoms with Gasteiger partial charge in [-0.2, -0.15) is 0 Å². The van der Waals surface area contributed by atoms with E-state index < -0.39 is 15.1 Å². The Labute approximate surface area is 248 Å². The number of aryl methyl sites for hydroxylation is 2. The molecule has 2 aliphatic carbocycles. The molecule has 42 heavy (non-hydrogen) atoms. The van der Waals surface area contributed by atoms with Crippen LogP contribution in [0.2, 0.25) is 17.7 Å². The molecule has 4 aromatic carbocycles. The van der Waals surface area contributed by atoms with E-state index in [0.29, 0.717) is 7.35 Å². The molecule has 0 bridgehead atoms. The van der Waals surface area contributed by atoms with Gasteiger partial charge in [0.25, 0.3) is 0 Å². The molecule has 2 unspecified atom stereocenters. The van der Waals surface area contributed by atoms with E-state index in [9.17, 15) is 0 Å². The van der Waals surface area contributed by atoms with Crippen molar-refractivity contribution in [1.82, 2.24) is 0 Å². The average Bonchev–Trinajstić information content (AvgIpc) is 3.60. The van der Waals surface area contributed by atoms with Gasteiger partial charge in [-0.05, 0) is 0 Å². The predicted octanol–water partition coefficient (Wildman–Crippen LogP) is 12.4. The summed E-state index contributed by atoms with van der Waals surface area (Å²) in [7, 11) is 0. The number of hydrogen-bond donors (Lipinski definition) is 0. The molecule has 6 rings (SSSR count). The third-order valence-corrected chi connectivity index (χ3v) is 56.9. The number of benzene rings is 4. The molecule has 2 aliphatic rings. The summed E-state index contributed by atoms with van der Waals surface area (Å²) in [6.07, 6.45) is 12.4. The minimum absolute atomic E-state index is 0.331. The molecule has 0 saturated heterocycles. The van der Waals surface area contributed by atoms with Crippen LogP contribution in [-0.2, 0) is 15.1 Å². The molecular formula is C41H48Hf. The van der Waals surface area contributed by atoms with Gasteiger partial charge in [-0.3, -0.25) is 0 Å². The molecule has 0 aromatic heterocycles. The molecule has 0 nitrogen and oxygen atoms in total. The number of fused-ring (bicyclic) bond motifs is 2. The summed E-state index contributed by atoms with van der Waals surface area (Å²) < 4.78 is 14.4. The average molecular weight is 719 g/mol. The Hall–Kier alpha value is -2.90. The Bertz CT molecular complexity index is 1780. The Morgan fingerprint density at radius 1 is 0.595 bits per heavy atom. The van der Waals surface area contributed by atoms with Crippen molar-refractivity contribution in [3.8, 4) is 22.3 Å². The first-order valence-electron chi connectivity index (χ1n) is 16.2. The molecule has 216 valence electrons. The summed E-state index contributed by atoms with van der Waals surface area (Å²) in [5, 5.41) is 0. The fourth-order valence-electron chi connectivity index (χ4n) is 10.4. The first-order valence-corrected chi connectivity index (χ1v) is 35.1. The van der Waals surface area contributed by atoms with E-state index in [-0.39, 0.29) is 0 Å². The minimum atomic E-state index is -5.24. The molecule has 0 N–H and O–H groups in total. The van der Waals surface area contributed by atoms with Crippen LogP contribution < -0.4 is 0 Å². The maximum atomic E-state index is 5.84. The molecule has 0 spiro atoms. The van der Waals surface area contributed by atoms with Crippen LogP contribution in [0.15, 0.2) is 97.1 Å². The summed E-state index contributed by atoms with van der Waals surface area (Å²) in [4.78, 5) is 0. The summed E-state index contributed by atoms with van der Waals surface area (Å²) in [5.41, 5.74) is 13.7. The molecule has 0 radical (unpaired) electrons. The molecular weight excluding hydrogens is 671 g/mol. The molecule has 4 aromatic rings. The zero-order valence-corrected chi connectivity index (χ0v) is 30.2. The Balaban J connectivity index is 1.62. The summed E-state index contributed by atoms with van der Waals surface area (Å²) in [6, 6.07) is 32.0. The summed E-state index contributed by atoms with van der Waals surface area (Å²) in [5.74, 6) is 0. The van der Waals surface area contributed by atoms with Crippen LogP contribution in [0.1, 0.15) is 67.4 Å². The second-order valence-corrected chi connectivity index (χ2v) is 67.0. The van der Waals surface area contributed by atoms with Crippen LogP contribution in [0.3, 0.4) is 0 Å². The van der Waals surface area contributed by atoms with Crippen molar-refractivity contribution in [3.63, 3.8) is 0 Å². The monoisotopic (exact) mass is 720 g/mol. The zero-order chi connectivity index (χ0) is 29.9. The topological polar surface area (TPSA) is 0 Å². The van der Waals surface area contributed by atoms with Gasteiger partial charge in [-0.25, -0.2) is 0 Å². The van der Waals surface area contributed by atoms with E-state index in [4.69, 9.17) is 4.26 Å². The van der Waals surface area contributed by atoms with E-state index in [0.717, 1.165) is 12.8 Å². The van der Waals surface area contributed by atoms with Crippen molar-refractivity contribution in [1.29, 1.82) is 0 Å². The van der Waals surface area contributed by atoms with Crippen molar-refractivity contribution in [3.05, 3.63) is 130 Å². The summed E-state index contributed by atoms with van der Waals surface area (Å²) in [6.45, 7) is 9.17. The van der Waals surface area contributed by atoms with Crippen LogP contribution >= 0.6 is 0 Å². The maximum absolute atomic E-state index is 5.84. The number of rotatable bonds is 8. The van der Waals surface area contributed by atoms with Gasteiger partial charge < -0.3 is 0 Å². The fourth-order valence-corrected chi connectivity index (χ4v) is 53.1. The third-order valence-electron chi connectivity index (χ3n) is 12.2. The van der Waals surface area contributed by atoms with Gasteiger partial charge in [0.05, 0.1) is 0 Å². The fraction of sp³-hybridized carbons (Fsp3) is 0.293. The number of allylic oxidation sites excluding steroid dienone is 2. The molecule has 2 atom stereocenters. The van der Waals surface area contributed by atoms with Gasteiger partial charge in [-0.15, -0.1) is 0 Å². The number of hydrogen-bond acceptors (Lipinski definition) is 0. The molecule has 0 heterocycles. The van der Waals surface area contributed by atoms with E-state index in [1.165, 1.54) is 64.0 Å². The van der Waals surface area contributed by atoms with Gasteiger partial charge in [0.2, 0.25) is 0 Å². The normalized spacial score (nSPS) is 19.9. The first-order chi connectivity index (χ1) is 19.9. The van der Waals surface area contributed by atoms with Crippen LogP contribution in [0.4, 0.5) is 0 Å². The molecule has 1 heteroatoms. The Kier molecular flexibility index (Phi) is 6.29. The molecule has 0 aliphatic heterocycles. The molecule has 0 fully saturated rings. The van der Waals surface area contributed by atoms with E-state index in [1.807, 2.05) is 0 Å². The first kappa shape index (κ1) is 29.2. The Morgan fingerprint density at radius 3 is 1.38 bits per heavy atom. The van der Waals surface area contributed by atoms with Crippen molar-refractivity contribution in [2.24, 2.45) is 0 Å². The van der Waals surface area contributed by atoms with Gasteiger partial charge in [-0.1, -0.05) is 0 Å². The van der Waals surface area contributed by atoms with E-state index >= 15 is 0 Å². The van der Waals surface area contributed by atoms with E-state index in [2.05, 4.69) is 146 Å². The SMILES string of the molecule is [CH2]=[Hf]([CH3])([CH3])([CH2]CC)([CH2]CC)([CH]1C=Cc2c(-c3cccc(C)c3)cccc21)[CH]1C=Cc2c(-c3cccc(C)c3)cccc21. The standard InChI is InChI=1S/2C16H13.2C3H7.2CH3.CH2.Hf/c2*1-12-5-2-8-14(11-12)16-10-4-7-13-6-3-9-15(13)16;2*1-3-2;;;;/h2*2-11H,1H3;2*1,3H2,2H3;2*1H3;1H2;. The third kappa shape index (κ3) is 4.06. The van der Waals surface area contributed by atoms with Crippen molar-refractivity contribution in [2.75, 3.05) is 0 Å².